The molecule has 8 N–H and O–H groups in total. The van der Waals surface area contributed by atoms with Crippen molar-refractivity contribution < 1.29 is 38.9 Å². The van der Waals surface area contributed by atoms with Crippen LogP contribution < -0.4 is 17.2 Å². The molecule has 0 saturated carbocycles. The van der Waals surface area contributed by atoms with Gasteiger partial charge in [0.1, 0.15) is 6.04 Å². The van der Waals surface area contributed by atoms with Crippen LogP contribution in [0.15, 0.2) is 0 Å². The summed E-state index contributed by atoms with van der Waals surface area (Å²) in [5.41, 5.74) is 13.9. The molecule has 0 aliphatic carbocycles. The van der Waals surface area contributed by atoms with E-state index in [0.29, 0.717) is 13.2 Å². The maximum atomic E-state index is 9.85. The van der Waals surface area contributed by atoms with Gasteiger partial charge >= 0.3 is 24.1 Å². The second-order valence-electron chi connectivity index (χ2n) is 3.05. The van der Waals surface area contributed by atoms with Gasteiger partial charge in [-0.2, -0.15) is 0 Å². The predicted molar refractivity (Wildman–Crippen MR) is 70.3 cm³/mol. The van der Waals surface area contributed by atoms with Gasteiger partial charge in [-0.3, -0.25) is 9.59 Å². The molecule has 0 aliphatic rings. The zero-order valence-corrected chi connectivity index (χ0v) is 11.8. The standard InChI is InChI=1S/C4H7NO4.2C3H7NO2/c5-2(4(8)9)1-3(6)7;2*1-2-6-3(4)5/h2H,1,5H2,(H,6,7)(H,8,9);2*2H2,1H3,(H2,4,5)/t2-;;/m0../s1. The fraction of sp³-hybridized carbons (Fsp3) is 0.600. The first-order chi connectivity index (χ1) is 9.58. The van der Waals surface area contributed by atoms with Crippen LogP contribution in [0.5, 0.6) is 0 Å². The number of amides is 2. The predicted octanol–water partition coefficient (Wildman–Crippen LogP) is -0.924. The third-order valence-electron chi connectivity index (χ3n) is 1.28. The molecule has 0 fully saturated rings. The van der Waals surface area contributed by atoms with Crippen LogP contribution in [0.4, 0.5) is 9.59 Å². The van der Waals surface area contributed by atoms with Gasteiger partial charge in [-0.1, -0.05) is 0 Å². The summed E-state index contributed by atoms with van der Waals surface area (Å²) >= 11 is 0. The van der Waals surface area contributed by atoms with Crippen LogP contribution in [0.2, 0.25) is 0 Å². The fourth-order valence-corrected chi connectivity index (χ4v) is 0.560. The van der Waals surface area contributed by atoms with Crippen molar-refractivity contribution in [3.63, 3.8) is 0 Å². The lowest BCUT2D eigenvalue weighted by atomic mass is 10.2. The van der Waals surface area contributed by atoms with Gasteiger partial charge in [-0.15, -0.1) is 0 Å². The molecule has 0 radical (unpaired) electrons. The molecule has 124 valence electrons. The van der Waals surface area contributed by atoms with Crippen LogP contribution in [0, 0.1) is 0 Å². The number of carbonyl (C=O) groups is 4. The van der Waals surface area contributed by atoms with E-state index in [1.807, 2.05) is 0 Å². The van der Waals surface area contributed by atoms with Crippen molar-refractivity contribution in [3.8, 4) is 0 Å². The van der Waals surface area contributed by atoms with Crippen molar-refractivity contribution in [2.24, 2.45) is 17.2 Å². The molecule has 2 amide bonds. The average Bonchev–Trinajstić information content (AvgIpc) is 2.28. The molecule has 21 heavy (non-hydrogen) atoms. The molecule has 0 aromatic rings. The van der Waals surface area contributed by atoms with Crippen molar-refractivity contribution in [1.29, 1.82) is 0 Å². The molecule has 0 heterocycles. The zero-order chi connectivity index (χ0) is 17.4. The SMILES string of the molecule is CCOC(N)=O.CCOC(N)=O.N[C@@H](CC(=O)O)C(=O)O. The Labute approximate surface area is 121 Å². The molecule has 11 heteroatoms. The second-order valence-corrected chi connectivity index (χ2v) is 3.05. The van der Waals surface area contributed by atoms with Crippen LogP contribution in [0.1, 0.15) is 20.3 Å². The first-order valence-corrected chi connectivity index (χ1v) is 5.62. The molecule has 0 rings (SSSR count). The topological polar surface area (TPSA) is 205 Å². The first-order valence-electron chi connectivity index (χ1n) is 5.62. The van der Waals surface area contributed by atoms with E-state index in [2.05, 4.69) is 20.9 Å². The highest BCUT2D eigenvalue weighted by Gasteiger charge is 2.14. The number of ether oxygens (including phenoxy) is 2. The molecule has 11 nitrogen and oxygen atoms in total. The molecular formula is C10H21N3O8. The van der Waals surface area contributed by atoms with Crippen LogP contribution in [0.3, 0.4) is 0 Å². The highest BCUT2D eigenvalue weighted by atomic mass is 16.5. The largest absolute Gasteiger partial charge is 0.481 e. The van der Waals surface area contributed by atoms with Gasteiger partial charge in [0.25, 0.3) is 0 Å². The van der Waals surface area contributed by atoms with Crippen molar-refractivity contribution >= 4 is 24.1 Å². The summed E-state index contributed by atoms with van der Waals surface area (Å²) in [4.78, 5) is 38.8. The highest BCUT2D eigenvalue weighted by Crippen LogP contribution is 1.86. The molecule has 0 unspecified atom stereocenters. The summed E-state index contributed by atoms with van der Waals surface area (Å²) < 4.78 is 8.36. The number of hydrogen-bond acceptors (Lipinski definition) is 7. The van der Waals surface area contributed by atoms with Gasteiger partial charge in [0.05, 0.1) is 19.6 Å². The minimum absolute atomic E-state index is 0.356. The molecule has 0 aromatic heterocycles. The van der Waals surface area contributed by atoms with Crippen molar-refractivity contribution in [2.75, 3.05) is 13.2 Å². The molecule has 0 bridgehead atoms. The van der Waals surface area contributed by atoms with Crippen LogP contribution >= 0.6 is 0 Å². The summed E-state index contributed by atoms with van der Waals surface area (Å²) in [6.45, 7) is 4.11. The van der Waals surface area contributed by atoms with Crippen LogP contribution in [0.25, 0.3) is 0 Å². The number of carbonyl (C=O) groups excluding carboxylic acids is 2. The van der Waals surface area contributed by atoms with Gasteiger partial charge in [0.2, 0.25) is 0 Å². The Hall–Kier alpha value is -2.56. The number of carboxylic acids is 2. The van der Waals surface area contributed by atoms with E-state index < -0.39 is 36.6 Å². The smallest absolute Gasteiger partial charge is 0.404 e. The zero-order valence-electron chi connectivity index (χ0n) is 11.8. The molecule has 0 spiro atoms. The van der Waals surface area contributed by atoms with Gasteiger partial charge in [-0.05, 0) is 13.8 Å². The number of primary amides is 2. The lowest BCUT2D eigenvalue weighted by Gasteiger charge is -1.99. The number of rotatable bonds is 5. The third-order valence-corrected chi connectivity index (χ3v) is 1.28. The van der Waals surface area contributed by atoms with E-state index in [0.717, 1.165) is 0 Å². The van der Waals surface area contributed by atoms with E-state index in [-0.39, 0.29) is 0 Å². The van der Waals surface area contributed by atoms with Gasteiger partial charge < -0.3 is 36.9 Å². The average molecular weight is 311 g/mol. The molecule has 1 atom stereocenters. The van der Waals surface area contributed by atoms with Crippen molar-refractivity contribution in [2.45, 2.75) is 26.3 Å². The van der Waals surface area contributed by atoms with E-state index in [9.17, 15) is 19.2 Å². The molecular weight excluding hydrogens is 290 g/mol. The quantitative estimate of drug-likeness (QED) is 0.424. The lowest BCUT2D eigenvalue weighted by Crippen LogP contribution is -2.32. The Kier molecular flexibility index (Phi) is 17.4. The Bertz CT molecular complexity index is 318. The minimum atomic E-state index is -1.29. The molecule has 0 aromatic carbocycles. The van der Waals surface area contributed by atoms with Gasteiger partial charge in [-0.25, -0.2) is 9.59 Å². The third kappa shape index (κ3) is 31.8. The summed E-state index contributed by atoms with van der Waals surface area (Å²) in [7, 11) is 0. The highest BCUT2D eigenvalue weighted by molar-refractivity contribution is 5.80. The minimum Gasteiger partial charge on any atom is -0.481 e. The summed E-state index contributed by atoms with van der Waals surface area (Å²) in [5.74, 6) is -2.50. The van der Waals surface area contributed by atoms with Crippen molar-refractivity contribution in [3.05, 3.63) is 0 Å². The van der Waals surface area contributed by atoms with E-state index >= 15 is 0 Å². The van der Waals surface area contributed by atoms with Crippen molar-refractivity contribution in [1.82, 2.24) is 0 Å². The molecule has 0 saturated heterocycles. The van der Waals surface area contributed by atoms with E-state index in [4.69, 9.17) is 15.9 Å². The fourth-order valence-electron chi connectivity index (χ4n) is 0.560. The number of hydrogen-bond donors (Lipinski definition) is 5. The Balaban J connectivity index is -0.000000240. The first kappa shape index (κ1) is 23.5. The number of nitrogens with two attached hydrogens (primary N) is 3. The summed E-state index contributed by atoms with van der Waals surface area (Å²) in [6.07, 6.45) is -1.95. The number of carboxylic acid groups (broad SMARTS) is 2. The summed E-state index contributed by atoms with van der Waals surface area (Å²) in [6, 6.07) is -1.29. The Morgan fingerprint density at radius 1 is 0.952 bits per heavy atom. The monoisotopic (exact) mass is 311 g/mol. The van der Waals surface area contributed by atoms with Gasteiger partial charge in [0, 0.05) is 0 Å². The van der Waals surface area contributed by atoms with Crippen LogP contribution in [-0.4, -0.2) is 53.6 Å². The molecule has 0 aliphatic heterocycles. The number of aliphatic carboxylic acids is 2. The van der Waals surface area contributed by atoms with E-state index in [1.54, 1.807) is 13.8 Å². The van der Waals surface area contributed by atoms with Crippen LogP contribution in [-0.2, 0) is 19.1 Å². The Morgan fingerprint density at radius 3 is 1.33 bits per heavy atom. The maximum Gasteiger partial charge on any atom is 0.404 e. The summed E-state index contributed by atoms with van der Waals surface area (Å²) in [5, 5.41) is 16.0. The van der Waals surface area contributed by atoms with Gasteiger partial charge in [0.15, 0.2) is 0 Å². The normalized spacial score (nSPS) is 9.67. The maximum absolute atomic E-state index is 9.85. The second kappa shape index (κ2) is 15.5. The van der Waals surface area contributed by atoms with E-state index in [1.165, 1.54) is 0 Å². The Morgan fingerprint density at radius 2 is 1.29 bits per heavy atom. The lowest BCUT2D eigenvalue weighted by molar-refractivity contribution is -0.144.